The Balaban J connectivity index is 2.12. The van der Waals surface area contributed by atoms with Gasteiger partial charge in [0.15, 0.2) is 0 Å². The summed E-state index contributed by atoms with van der Waals surface area (Å²) in [6, 6.07) is 8.05. The third kappa shape index (κ3) is 3.62. The Morgan fingerprint density at radius 3 is 2.55 bits per heavy atom. The highest BCUT2D eigenvalue weighted by atomic mass is 15.2. The van der Waals surface area contributed by atoms with Gasteiger partial charge in [-0.3, -0.25) is 4.90 Å². The van der Waals surface area contributed by atoms with Crippen LogP contribution in [0.5, 0.6) is 0 Å². The average Bonchev–Trinajstić information content (AvgIpc) is 2.97. The van der Waals surface area contributed by atoms with Gasteiger partial charge in [0, 0.05) is 18.6 Å². The van der Waals surface area contributed by atoms with Crippen molar-refractivity contribution in [2.45, 2.75) is 58.5 Å². The summed E-state index contributed by atoms with van der Waals surface area (Å²) >= 11 is 0. The zero-order chi connectivity index (χ0) is 14.5. The van der Waals surface area contributed by atoms with Crippen LogP contribution in [0.3, 0.4) is 0 Å². The Bertz CT molecular complexity index is 421. The molecule has 1 aliphatic rings. The van der Waals surface area contributed by atoms with Crippen LogP contribution in [0.1, 0.15) is 55.3 Å². The van der Waals surface area contributed by atoms with Gasteiger partial charge in [-0.05, 0) is 51.4 Å². The van der Waals surface area contributed by atoms with Crippen LogP contribution in [0, 0.1) is 13.8 Å². The molecule has 0 heterocycles. The number of benzene rings is 1. The molecule has 0 spiro atoms. The fourth-order valence-corrected chi connectivity index (χ4v) is 3.52. The summed E-state index contributed by atoms with van der Waals surface area (Å²) in [5, 5.41) is 3.53. The molecule has 0 amide bonds. The molecule has 1 fully saturated rings. The molecule has 0 saturated heterocycles. The molecule has 2 heteroatoms. The molecule has 0 radical (unpaired) electrons. The summed E-state index contributed by atoms with van der Waals surface area (Å²) in [6.07, 6.45) is 5.60. The monoisotopic (exact) mass is 274 g/mol. The topological polar surface area (TPSA) is 15.3 Å². The van der Waals surface area contributed by atoms with E-state index in [1.165, 1.54) is 42.4 Å². The van der Waals surface area contributed by atoms with Gasteiger partial charge in [-0.25, -0.2) is 0 Å². The van der Waals surface area contributed by atoms with Crippen LogP contribution < -0.4 is 5.32 Å². The Morgan fingerprint density at radius 2 is 1.95 bits per heavy atom. The minimum atomic E-state index is 0.440. The van der Waals surface area contributed by atoms with E-state index in [0.717, 1.165) is 19.1 Å². The van der Waals surface area contributed by atoms with Crippen molar-refractivity contribution in [2.24, 2.45) is 0 Å². The first-order valence-corrected chi connectivity index (χ1v) is 8.14. The Hall–Kier alpha value is -0.860. The van der Waals surface area contributed by atoms with E-state index in [1.807, 2.05) is 0 Å². The lowest BCUT2D eigenvalue weighted by Crippen LogP contribution is -2.39. The predicted octanol–water partition coefficient (Wildman–Crippen LogP) is 3.83. The van der Waals surface area contributed by atoms with Gasteiger partial charge in [-0.1, -0.05) is 43.5 Å². The zero-order valence-electron chi connectivity index (χ0n) is 13.6. The van der Waals surface area contributed by atoms with Crippen LogP contribution >= 0.6 is 0 Å². The second-order valence-corrected chi connectivity index (χ2v) is 6.23. The normalized spacial score (nSPS) is 17.9. The minimum Gasteiger partial charge on any atom is -0.312 e. The number of nitrogens with zero attached hydrogens (tertiary/aromatic N) is 1. The molecule has 1 N–H and O–H groups in total. The summed E-state index contributed by atoms with van der Waals surface area (Å²) in [5.74, 6) is 0. The predicted molar refractivity (Wildman–Crippen MR) is 87.2 cm³/mol. The number of nitrogens with one attached hydrogen (secondary N) is 1. The fourth-order valence-electron chi connectivity index (χ4n) is 3.52. The van der Waals surface area contributed by atoms with Crippen LogP contribution in [0.15, 0.2) is 18.2 Å². The summed E-state index contributed by atoms with van der Waals surface area (Å²) < 4.78 is 0. The van der Waals surface area contributed by atoms with Crippen molar-refractivity contribution < 1.29 is 0 Å². The van der Waals surface area contributed by atoms with Crippen LogP contribution in [-0.4, -0.2) is 31.1 Å². The maximum absolute atomic E-state index is 3.53. The van der Waals surface area contributed by atoms with Crippen LogP contribution in [0.2, 0.25) is 0 Å². The molecule has 0 aromatic heterocycles. The highest BCUT2D eigenvalue weighted by Gasteiger charge is 2.24. The summed E-state index contributed by atoms with van der Waals surface area (Å²) in [5.41, 5.74) is 4.22. The lowest BCUT2D eigenvalue weighted by molar-refractivity contribution is 0.189. The molecule has 2 rings (SSSR count). The molecule has 1 aromatic rings. The van der Waals surface area contributed by atoms with Crippen molar-refractivity contribution in [3.63, 3.8) is 0 Å². The second kappa shape index (κ2) is 7.24. The lowest BCUT2D eigenvalue weighted by Gasteiger charge is -2.32. The van der Waals surface area contributed by atoms with Crippen LogP contribution in [0.4, 0.5) is 0 Å². The first-order valence-electron chi connectivity index (χ1n) is 8.14. The molecule has 1 unspecified atom stereocenters. The van der Waals surface area contributed by atoms with Gasteiger partial charge in [0.1, 0.15) is 0 Å². The van der Waals surface area contributed by atoms with Gasteiger partial charge < -0.3 is 5.32 Å². The van der Waals surface area contributed by atoms with Crippen molar-refractivity contribution in [1.29, 1.82) is 0 Å². The number of likely N-dealkylation sites (N-methyl/N-ethyl adjacent to an activating group) is 2. The molecule has 1 aliphatic carbocycles. The average molecular weight is 274 g/mol. The summed E-state index contributed by atoms with van der Waals surface area (Å²) in [6.45, 7) is 9.00. The smallest absolute Gasteiger partial charge is 0.0449 e. The first-order chi connectivity index (χ1) is 9.65. The highest BCUT2D eigenvalue weighted by molar-refractivity contribution is 5.33. The minimum absolute atomic E-state index is 0.440. The molecule has 0 bridgehead atoms. The molecule has 112 valence electrons. The third-order valence-electron chi connectivity index (χ3n) is 4.82. The van der Waals surface area contributed by atoms with Crippen LogP contribution in [0.25, 0.3) is 0 Å². The highest BCUT2D eigenvalue weighted by Crippen LogP contribution is 2.26. The summed E-state index contributed by atoms with van der Waals surface area (Å²) in [4.78, 5) is 2.68. The molecule has 2 nitrogen and oxygen atoms in total. The van der Waals surface area contributed by atoms with Gasteiger partial charge in [0.2, 0.25) is 0 Å². The van der Waals surface area contributed by atoms with Gasteiger partial charge in [-0.2, -0.15) is 0 Å². The number of hydrogen-bond acceptors (Lipinski definition) is 2. The standard InChI is InChI=1S/C18H30N2/c1-5-20(16-8-6-7-9-16)13-18(19-4)17-12-14(2)10-11-15(17)3/h10-12,16,18-19H,5-9,13H2,1-4H3. The van der Waals surface area contributed by atoms with Crippen molar-refractivity contribution in [3.8, 4) is 0 Å². The van der Waals surface area contributed by atoms with Crippen molar-refractivity contribution in [3.05, 3.63) is 34.9 Å². The summed E-state index contributed by atoms with van der Waals surface area (Å²) in [7, 11) is 2.09. The van der Waals surface area contributed by atoms with E-state index >= 15 is 0 Å². The van der Waals surface area contributed by atoms with Crippen LogP contribution in [-0.2, 0) is 0 Å². The number of aryl methyl sites for hydroxylation is 2. The molecule has 1 saturated carbocycles. The molecular weight excluding hydrogens is 244 g/mol. The van der Waals surface area contributed by atoms with Crippen molar-refractivity contribution in [2.75, 3.05) is 20.1 Å². The number of rotatable bonds is 6. The van der Waals surface area contributed by atoms with Gasteiger partial charge in [0.25, 0.3) is 0 Å². The third-order valence-corrected chi connectivity index (χ3v) is 4.82. The van der Waals surface area contributed by atoms with Crippen molar-refractivity contribution in [1.82, 2.24) is 10.2 Å². The van der Waals surface area contributed by atoms with Gasteiger partial charge >= 0.3 is 0 Å². The quantitative estimate of drug-likeness (QED) is 0.848. The molecule has 1 atom stereocenters. The van der Waals surface area contributed by atoms with Gasteiger partial charge in [-0.15, -0.1) is 0 Å². The van der Waals surface area contributed by atoms with E-state index < -0.39 is 0 Å². The molecule has 20 heavy (non-hydrogen) atoms. The maximum Gasteiger partial charge on any atom is 0.0449 e. The van der Waals surface area contributed by atoms with E-state index in [-0.39, 0.29) is 0 Å². The SMILES string of the molecule is CCN(CC(NC)c1cc(C)ccc1C)C1CCCC1. The van der Waals surface area contributed by atoms with E-state index in [0.29, 0.717) is 6.04 Å². The largest absolute Gasteiger partial charge is 0.312 e. The van der Waals surface area contributed by atoms with E-state index in [4.69, 9.17) is 0 Å². The molecule has 1 aromatic carbocycles. The molecular formula is C18H30N2. The number of hydrogen-bond donors (Lipinski definition) is 1. The fraction of sp³-hybridized carbons (Fsp3) is 0.667. The van der Waals surface area contributed by atoms with Gasteiger partial charge in [0.05, 0.1) is 0 Å². The second-order valence-electron chi connectivity index (χ2n) is 6.23. The Labute approximate surface area is 124 Å². The lowest BCUT2D eigenvalue weighted by atomic mass is 9.98. The Kier molecular flexibility index (Phi) is 5.62. The maximum atomic E-state index is 3.53. The molecule has 0 aliphatic heterocycles. The van der Waals surface area contributed by atoms with E-state index in [1.54, 1.807) is 0 Å². The Morgan fingerprint density at radius 1 is 1.25 bits per heavy atom. The van der Waals surface area contributed by atoms with E-state index in [2.05, 4.69) is 56.2 Å². The first kappa shape index (κ1) is 15.5. The van der Waals surface area contributed by atoms with E-state index in [9.17, 15) is 0 Å². The zero-order valence-corrected chi connectivity index (χ0v) is 13.6. The van der Waals surface area contributed by atoms with Crippen molar-refractivity contribution >= 4 is 0 Å².